The van der Waals surface area contributed by atoms with Crippen molar-refractivity contribution in [2.75, 3.05) is 6.54 Å². The number of ether oxygens (including phenoxy) is 1. The van der Waals surface area contributed by atoms with Gasteiger partial charge < -0.3 is 10.1 Å². The summed E-state index contributed by atoms with van der Waals surface area (Å²) in [6, 6.07) is 17.0. The third-order valence-electron chi connectivity index (χ3n) is 5.81. The quantitative estimate of drug-likeness (QED) is 0.561. The summed E-state index contributed by atoms with van der Waals surface area (Å²) in [5.41, 5.74) is 2.26. The molecule has 3 aromatic rings. The smallest absolute Gasteiger partial charge is 0.340 e. The van der Waals surface area contributed by atoms with E-state index in [0.717, 1.165) is 42.3 Å². The lowest BCUT2D eigenvalue weighted by Crippen LogP contribution is -2.43. The summed E-state index contributed by atoms with van der Waals surface area (Å²) in [5.74, 6) is 0.265. The zero-order valence-electron chi connectivity index (χ0n) is 16.5. The second-order valence-corrected chi connectivity index (χ2v) is 8.00. The molecule has 0 radical (unpaired) electrons. The molecule has 0 bridgehead atoms. The van der Waals surface area contributed by atoms with Gasteiger partial charge in [-0.15, -0.1) is 0 Å². The van der Waals surface area contributed by atoms with Crippen LogP contribution in [0, 0.1) is 5.92 Å². The molecule has 2 aromatic carbocycles. The molecule has 1 N–H and O–H groups in total. The van der Waals surface area contributed by atoms with E-state index in [1.165, 1.54) is 0 Å². The van der Waals surface area contributed by atoms with E-state index in [9.17, 15) is 4.79 Å². The first-order valence-electron chi connectivity index (χ1n) is 10.2. The second-order valence-electron chi connectivity index (χ2n) is 7.59. The number of aromatic nitrogens is 1. The Balaban J connectivity index is 1.69. The highest BCUT2D eigenvalue weighted by Crippen LogP contribution is 2.34. The molecule has 1 fully saturated rings. The largest absolute Gasteiger partial charge is 0.452 e. The van der Waals surface area contributed by atoms with Crippen molar-refractivity contribution in [3.05, 3.63) is 76.9 Å². The van der Waals surface area contributed by atoms with Crippen LogP contribution < -0.4 is 5.32 Å². The van der Waals surface area contributed by atoms with Crippen molar-refractivity contribution in [2.45, 2.75) is 38.3 Å². The number of benzene rings is 2. The van der Waals surface area contributed by atoms with E-state index in [1.807, 2.05) is 30.3 Å². The number of para-hydroxylation sites is 1. The molecule has 29 heavy (non-hydrogen) atoms. The minimum atomic E-state index is -0.413. The number of halogens is 1. The van der Waals surface area contributed by atoms with Crippen molar-refractivity contribution in [1.29, 1.82) is 0 Å². The summed E-state index contributed by atoms with van der Waals surface area (Å²) < 4.78 is 6.11. The molecule has 1 aromatic heterocycles. The van der Waals surface area contributed by atoms with E-state index in [0.29, 0.717) is 16.5 Å². The Kier molecular flexibility index (Phi) is 6.12. The minimum absolute atomic E-state index is 0.0510. The number of hydrogen-bond donors (Lipinski definition) is 1. The van der Waals surface area contributed by atoms with Gasteiger partial charge in [0.1, 0.15) is 6.10 Å². The first-order valence-corrected chi connectivity index (χ1v) is 10.6. The van der Waals surface area contributed by atoms with Crippen LogP contribution in [0.25, 0.3) is 10.9 Å². The third-order valence-corrected chi connectivity index (χ3v) is 6.14. The van der Waals surface area contributed by atoms with Gasteiger partial charge in [-0.1, -0.05) is 55.3 Å². The number of esters is 1. The summed E-state index contributed by atoms with van der Waals surface area (Å²) in [4.78, 5) is 17.5. The second kappa shape index (κ2) is 8.93. The van der Waals surface area contributed by atoms with Gasteiger partial charge in [-0.3, -0.25) is 4.98 Å². The molecular weight excluding hydrogens is 384 g/mol. The SMILES string of the molecule is CCC1CCC(C(OC(=O)c2ccccc2Cl)c2ccnc3ccccc23)NC1. The van der Waals surface area contributed by atoms with E-state index in [4.69, 9.17) is 16.3 Å². The molecule has 0 saturated carbocycles. The van der Waals surface area contributed by atoms with Gasteiger partial charge in [0.2, 0.25) is 0 Å². The molecule has 0 spiro atoms. The highest BCUT2D eigenvalue weighted by atomic mass is 35.5. The number of rotatable bonds is 5. The van der Waals surface area contributed by atoms with E-state index >= 15 is 0 Å². The fourth-order valence-electron chi connectivity index (χ4n) is 4.08. The van der Waals surface area contributed by atoms with Crippen molar-refractivity contribution in [3.8, 4) is 0 Å². The molecular formula is C24H25ClN2O2. The first kappa shape index (κ1) is 19.9. The molecule has 4 rings (SSSR count). The van der Waals surface area contributed by atoms with Crippen LogP contribution in [-0.2, 0) is 4.74 Å². The third kappa shape index (κ3) is 4.29. The molecule has 3 unspecified atom stereocenters. The van der Waals surface area contributed by atoms with Gasteiger partial charge in [0.05, 0.1) is 16.1 Å². The Bertz CT molecular complexity index is 994. The molecule has 0 aliphatic carbocycles. The lowest BCUT2D eigenvalue weighted by atomic mass is 9.87. The zero-order valence-corrected chi connectivity index (χ0v) is 17.2. The molecule has 0 amide bonds. The molecule has 1 saturated heterocycles. The van der Waals surface area contributed by atoms with E-state index in [2.05, 4.69) is 17.2 Å². The molecule has 1 aliphatic rings. The molecule has 150 valence electrons. The van der Waals surface area contributed by atoms with Crippen LogP contribution in [0.5, 0.6) is 0 Å². The number of pyridine rings is 1. The Morgan fingerprint density at radius 1 is 1.17 bits per heavy atom. The molecule has 3 atom stereocenters. The molecule has 1 aliphatic heterocycles. The normalized spacial score (nSPS) is 20.3. The van der Waals surface area contributed by atoms with Gasteiger partial charge in [-0.2, -0.15) is 0 Å². The Morgan fingerprint density at radius 2 is 1.97 bits per heavy atom. The molecule has 2 heterocycles. The van der Waals surface area contributed by atoms with Gasteiger partial charge in [-0.25, -0.2) is 4.79 Å². The highest BCUT2D eigenvalue weighted by molar-refractivity contribution is 6.33. The van der Waals surface area contributed by atoms with E-state index < -0.39 is 12.1 Å². The van der Waals surface area contributed by atoms with Gasteiger partial charge in [0, 0.05) is 23.2 Å². The maximum Gasteiger partial charge on any atom is 0.340 e. The zero-order chi connectivity index (χ0) is 20.2. The van der Waals surface area contributed by atoms with Crippen LogP contribution in [-0.4, -0.2) is 23.5 Å². The van der Waals surface area contributed by atoms with E-state index in [1.54, 1.807) is 30.5 Å². The van der Waals surface area contributed by atoms with Crippen molar-refractivity contribution in [3.63, 3.8) is 0 Å². The maximum absolute atomic E-state index is 13.0. The standard InChI is InChI=1S/C24H25ClN2O2/c1-2-16-11-12-22(27-15-16)23(29-24(28)19-8-3-5-9-20(19)25)18-13-14-26-21-10-6-4-7-17(18)21/h3-10,13-14,16,22-23,27H,2,11-12,15H2,1H3. The number of carbonyl (C=O) groups is 1. The van der Waals surface area contributed by atoms with E-state index in [-0.39, 0.29) is 6.04 Å². The fraction of sp³-hybridized carbons (Fsp3) is 0.333. The van der Waals surface area contributed by atoms with Crippen molar-refractivity contribution < 1.29 is 9.53 Å². The monoisotopic (exact) mass is 408 g/mol. The minimum Gasteiger partial charge on any atom is -0.452 e. The molecule has 5 heteroatoms. The lowest BCUT2D eigenvalue weighted by molar-refractivity contribution is 0.0148. The summed E-state index contributed by atoms with van der Waals surface area (Å²) in [5, 5.41) is 5.03. The van der Waals surface area contributed by atoms with Crippen LogP contribution in [0.2, 0.25) is 5.02 Å². The Hall–Kier alpha value is -2.43. The Morgan fingerprint density at radius 3 is 2.72 bits per heavy atom. The van der Waals surface area contributed by atoms with Crippen molar-refractivity contribution in [1.82, 2.24) is 10.3 Å². The summed E-state index contributed by atoms with van der Waals surface area (Å²) in [6.45, 7) is 3.16. The molecule has 4 nitrogen and oxygen atoms in total. The van der Waals surface area contributed by atoms with Crippen LogP contribution in [0.1, 0.15) is 48.2 Å². The maximum atomic E-state index is 13.0. The predicted octanol–water partition coefficient (Wildman–Crippen LogP) is 5.56. The van der Waals surface area contributed by atoms with Gasteiger partial charge >= 0.3 is 5.97 Å². The first-order chi connectivity index (χ1) is 14.2. The van der Waals surface area contributed by atoms with Crippen molar-refractivity contribution >= 4 is 28.5 Å². The predicted molar refractivity (Wildman–Crippen MR) is 116 cm³/mol. The summed E-state index contributed by atoms with van der Waals surface area (Å²) >= 11 is 6.24. The van der Waals surface area contributed by atoms with Crippen LogP contribution in [0.15, 0.2) is 60.8 Å². The Labute approximate surface area is 176 Å². The van der Waals surface area contributed by atoms with Gasteiger partial charge in [0.25, 0.3) is 0 Å². The van der Waals surface area contributed by atoms with Crippen LogP contribution in [0.3, 0.4) is 0 Å². The lowest BCUT2D eigenvalue weighted by Gasteiger charge is -2.35. The number of fused-ring (bicyclic) bond motifs is 1. The number of hydrogen-bond acceptors (Lipinski definition) is 4. The average molecular weight is 409 g/mol. The van der Waals surface area contributed by atoms with Crippen molar-refractivity contribution in [2.24, 2.45) is 5.92 Å². The summed E-state index contributed by atoms with van der Waals surface area (Å²) in [7, 11) is 0. The fourth-order valence-corrected chi connectivity index (χ4v) is 4.29. The number of nitrogens with zero attached hydrogens (tertiary/aromatic N) is 1. The number of carbonyl (C=O) groups excluding carboxylic acids is 1. The number of piperidine rings is 1. The summed E-state index contributed by atoms with van der Waals surface area (Å²) in [6.07, 6.45) is 4.60. The average Bonchev–Trinajstić information content (AvgIpc) is 2.77. The van der Waals surface area contributed by atoms with Crippen LogP contribution in [0.4, 0.5) is 0 Å². The number of nitrogens with one attached hydrogen (secondary N) is 1. The van der Waals surface area contributed by atoms with Gasteiger partial charge in [-0.05, 0) is 49.6 Å². The van der Waals surface area contributed by atoms with Crippen LogP contribution >= 0.6 is 11.6 Å². The van der Waals surface area contributed by atoms with Gasteiger partial charge in [0.15, 0.2) is 0 Å². The highest BCUT2D eigenvalue weighted by Gasteiger charge is 2.32. The topological polar surface area (TPSA) is 51.2 Å².